The Hall–Kier alpha value is -1.38. The minimum atomic E-state index is -0.206. The van der Waals surface area contributed by atoms with Gasteiger partial charge in [-0.1, -0.05) is 6.08 Å². The molecule has 0 amide bonds. The second-order valence-electron chi connectivity index (χ2n) is 3.46. The molecule has 0 radical (unpaired) electrons. The summed E-state index contributed by atoms with van der Waals surface area (Å²) in [4.78, 5) is 0. The van der Waals surface area contributed by atoms with Crippen molar-refractivity contribution in [1.29, 1.82) is 0 Å². The van der Waals surface area contributed by atoms with E-state index in [2.05, 4.69) is 5.10 Å². The molecule has 1 aliphatic carbocycles. The molecule has 14 heavy (non-hydrogen) atoms. The summed E-state index contributed by atoms with van der Waals surface area (Å²) < 4.78 is 13.2. The van der Waals surface area contributed by atoms with Crippen LogP contribution in [0.1, 0.15) is 13.8 Å². The minimum absolute atomic E-state index is 0.150. The lowest BCUT2D eigenvalue weighted by atomic mass is 10.0. The lowest BCUT2D eigenvalue weighted by Crippen LogP contribution is -2.24. The van der Waals surface area contributed by atoms with Gasteiger partial charge in [0.1, 0.15) is 5.83 Å². The molecule has 0 saturated carbocycles. The van der Waals surface area contributed by atoms with Crippen LogP contribution in [0.4, 0.5) is 4.39 Å². The number of allylic oxidation sites excluding steroid dienone is 5. The maximum absolute atomic E-state index is 13.2. The summed E-state index contributed by atoms with van der Waals surface area (Å²) in [6, 6.07) is 0. The quantitative estimate of drug-likeness (QED) is 0.623. The zero-order valence-corrected chi connectivity index (χ0v) is 8.37. The predicted molar refractivity (Wildman–Crippen MR) is 55.4 cm³/mol. The summed E-state index contributed by atoms with van der Waals surface area (Å²) in [6.07, 6.45) is 6.90. The summed E-state index contributed by atoms with van der Waals surface area (Å²) in [5.74, 6) is -0.0561. The maximum Gasteiger partial charge on any atom is 0.125 e. The lowest BCUT2D eigenvalue weighted by molar-refractivity contribution is 0.384. The van der Waals surface area contributed by atoms with E-state index < -0.39 is 0 Å². The first-order valence-corrected chi connectivity index (χ1v) is 4.80. The molecule has 1 aliphatic heterocycles. The molecule has 0 N–H and O–H groups in total. The molecule has 2 rings (SSSR count). The molecule has 74 valence electrons. The van der Waals surface area contributed by atoms with Gasteiger partial charge in [0.05, 0.1) is 5.70 Å². The Morgan fingerprint density at radius 2 is 2.36 bits per heavy atom. The largest absolute Gasteiger partial charge is 0.266 e. The number of hydrazone groups is 1. The first-order chi connectivity index (χ1) is 6.70. The zero-order chi connectivity index (χ0) is 10.1. The Morgan fingerprint density at radius 3 is 3.07 bits per heavy atom. The van der Waals surface area contributed by atoms with Crippen LogP contribution in [-0.4, -0.2) is 17.3 Å². The van der Waals surface area contributed by atoms with Crippen molar-refractivity contribution in [2.75, 3.05) is 6.54 Å². The normalized spacial score (nSPS) is 25.2. The molecule has 2 aliphatic rings. The third-order valence-electron chi connectivity index (χ3n) is 2.46. The maximum atomic E-state index is 13.2. The summed E-state index contributed by atoms with van der Waals surface area (Å²) >= 11 is 0. The average molecular weight is 192 g/mol. The molecular weight excluding hydrogens is 179 g/mol. The first kappa shape index (κ1) is 9.19. The van der Waals surface area contributed by atoms with Gasteiger partial charge in [0.15, 0.2) is 0 Å². The van der Waals surface area contributed by atoms with Crippen molar-refractivity contribution in [1.82, 2.24) is 5.01 Å². The monoisotopic (exact) mass is 192 g/mol. The van der Waals surface area contributed by atoms with Crippen LogP contribution in [-0.2, 0) is 0 Å². The molecular formula is C11H13FN2. The Labute approximate surface area is 83.1 Å². The highest BCUT2D eigenvalue weighted by molar-refractivity contribution is 5.88. The van der Waals surface area contributed by atoms with Crippen molar-refractivity contribution in [3.05, 3.63) is 35.8 Å². The fourth-order valence-corrected chi connectivity index (χ4v) is 1.66. The van der Waals surface area contributed by atoms with Gasteiger partial charge in [-0.2, -0.15) is 5.10 Å². The van der Waals surface area contributed by atoms with Crippen LogP contribution < -0.4 is 0 Å². The Morgan fingerprint density at radius 1 is 1.57 bits per heavy atom. The van der Waals surface area contributed by atoms with Crippen molar-refractivity contribution in [2.24, 2.45) is 11.0 Å². The molecule has 1 unspecified atom stereocenters. The highest BCUT2D eigenvalue weighted by Gasteiger charge is 2.19. The Kier molecular flexibility index (Phi) is 2.23. The van der Waals surface area contributed by atoms with Crippen molar-refractivity contribution >= 4 is 5.71 Å². The molecule has 0 aromatic carbocycles. The van der Waals surface area contributed by atoms with E-state index in [1.807, 2.05) is 31.0 Å². The summed E-state index contributed by atoms with van der Waals surface area (Å²) in [5.41, 5.74) is 1.86. The van der Waals surface area contributed by atoms with Gasteiger partial charge in [0.25, 0.3) is 0 Å². The number of halogens is 1. The minimum Gasteiger partial charge on any atom is -0.266 e. The van der Waals surface area contributed by atoms with Gasteiger partial charge in [-0.3, -0.25) is 5.01 Å². The summed E-state index contributed by atoms with van der Waals surface area (Å²) in [7, 11) is 0. The van der Waals surface area contributed by atoms with E-state index in [9.17, 15) is 4.39 Å². The lowest BCUT2D eigenvalue weighted by Gasteiger charge is -2.25. The van der Waals surface area contributed by atoms with Crippen molar-refractivity contribution in [3.8, 4) is 0 Å². The first-order valence-electron chi connectivity index (χ1n) is 4.80. The Balaban J connectivity index is 2.40. The Bertz CT molecular complexity index is 363. The standard InChI is InChI=1S/C11H13FN2/c1-3-14-11-6-9(8(2)13-14)4-5-10(12)7-11/h4-7,9H,3H2,1-2H3. The van der Waals surface area contributed by atoms with Crippen LogP contribution >= 0.6 is 0 Å². The molecule has 0 aromatic heterocycles. The average Bonchev–Trinajstić information content (AvgIpc) is 2.33. The predicted octanol–water partition coefficient (Wildman–Crippen LogP) is 2.62. The molecule has 1 heterocycles. The van der Waals surface area contributed by atoms with Crippen LogP contribution in [0.2, 0.25) is 0 Å². The van der Waals surface area contributed by atoms with E-state index in [0.717, 1.165) is 18.0 Å². The number of hydrogen-bond donors (Lipinski definition) is 0. The van der Waals surface area contributed by atoms with Crippen molar-refractivity contribution in [3.63, 3.8) is 0 Å². The van der Waals surface area contributed by atoms with E-state index in [0.29, 0.717) is 0 Å². The van der Waals surface area contributed by atoms with Gasteiger partial charge in [0.2, 0.25) is 0 Å². The smallest absolute Gasteiger partial charge is 0.125 e. The fraction of sp³-hybridized carbons (Fsp3) is 0.364. The molecule has 0 fully saturated rings. The van der Waals surface area contributed by atoms with Gasteiger partial charge >= 0.3 is 0 Å². The van der Waals surface area contributed by atoms with Gasteiger partial charge in [0, 0.05) is 18.2 Å². The van der Waals surface area contributed by atoms with E-state index in [4.69, 9.17) is 0 Å². The van der Waals surface area contributed by atoms with Crippen molar-refractivity contribution in [2.45, 2.75) is 13.8 Å². The fourth-order valence-electron chi connectivity index (χ4n) is 1.66. The number of nitrogens with zero attached hydrogens (tertiary/aromatic N) is 2. The molecule has 2 nitrogen and oxygen atoms in total. The topological polar surface area (TPSA) is 15.6 Å². The third-order valence-corrected chi connectivity index (χ3v) is 2.46. The second kappa shape index (κ2) is 3.40. The molecule has 2 bridgehead atoms. The van der Waals surface area contributed by atoms with Gasteiger partial charge < -0.3 is 0 Å². The van der Waals surface area contributed by atoms with Gasteiger partial charge in [-0.25, -0.2) is 4.39 Å². The van der Waals surface area contributed by atoms with Crippen LogP contribution in [0.5, 0.6) is 0 Å². The summed E-state index contributed by atoms with van der Waals surface area (Å²) in [5, 5.41) is 6.22. The number of rotatable bonds is 1. The van der Waals surface area contributed by atoms with Crippen LogP contribution in [0, 0.1) is 5.92 Å². The molecule has 0 saturated heterocycles. The van der Waals surface area contributed by atoms with Crippen molar-refractivity contribution < 1.29 is 4.39 Å². The van der Waals surface area contributed by atoms with E-state index in [1.165, 1.54) is 12.2 Å². The highest BCUT2D eigenvalue weighted by atomic mass is 19.1. The van der Waals surface area contributed by atoms with Crippen LogP contribution in [0.15, 0.2) is 40.9 Å². The second-order valence-corrected chi connectivity index (χ2v) is 3.46. The van der Waals surface area contributed by atoms with Crippen LogP contribution in [0.25, 0.3) is 0 Å². The molecule has 0 aromatic rings. The van der Waals surface area contributed by atoms with Gasteiger partial charge in [-0.05, 0) is 32.1 Å². The molecule has 0 spiro atoms. The number of fused-ring (bicyclic) bond motifs is 1. The number of likely N-dealkylation sites (N-methyl/N-ethyl adjacent to an activating group) is 1. The molecule has 3 heteroatoms. The van der Waals surface area contributed by atoms with E-state index in [-0.39, 0.29) is 11.7 Å². The highest BCUT2D eigenvalue weighted by Crippen LogP contribution is 2.24. The summed E-state index contributed by atoms with van der Waals surface area (Å²) in [6.45, 7) is 4.73. The van der Waals surface area contributed by atoms with Crippen LogP contribution in [0.3, 0.4) is 0 Å². The SMILES string of the molecule is CCN1N=C(C)C2C=CC(F)=CC1=C2. The van der Waals surface area contributed by atoms with E-state index in [1.54, 1.807) is 0 Å². The number of hydrogen-bond acceptors (Lipinski definition) is 2. The third kappa shape index (κ3) is 1.50. The van der Waals surface area contributed by atoms with E-state index >= 15 is 0 Å². The van der Waals surface area contributed by atoms with Gasteiger partial charge in [-0.15, -0.1) is 0 Å². The molecule has 1 atom stereocenters. The zero-order valence-electron chi connectivity index (χ0n) is 8.37.